The number of urea groups is 1. The van der Waals surface area contributed by atoms with Crippen LogP contribution in [0, 0.1) is 6.92 Å². The Kier molecular flexibility index (Phi) is 7.95. The van der Waals surface area contributed by atoms with Crippen LogP contribution in [0.3, 0.4) is 0 Å². The molecule has 3 rings (SSSR count). The first kappa shape index (κ1) is 24.1. The molecule has 0 aliphatic carbocycles. The number of ether oxygens (including phenoxy) is 2. The molecule has 0 saturated carbocycles. The van der Waals surface area contributed by atoms with E-state index in [4.69, 9.17) is 21.1 Å². The topological polar surface area (TPSA) is 97.0 Å². The molecule has 1 aliphatic heterocycles. The summed E-state index contributed by atoms with van der Waals surface area (Å²) in [6.07, 6.45) is 2.19. The van der Waals surface area contributed by atoms with Gasteiger partial charge in [-0.1, -0.05) is 36.2 Å². The van der Waals surface area contributed by atoms with Crippen molar-refractivity contribution in [1.29, 1.82) is 0 Å². The first-order valence-electron chi connectivity index (χ1n) is 10.6. The molecule has 174 valence electrons. The van der Waals surface area contributed by atoms with Crippen molar-refractivity contribution in [3.8, 4) is 11.5 Å². The van der Waals surface area contributed by atoms with Crippen molar-refractivity contribution in [2.45, 2.75) is 27.2 Å². The molecule has 0 unspecified atom stereocenters. The van der Waals surface area contributed by atoms with Crippen LogP contribution in [-0.4, -0.2) is 42.5 Å². The Morgan fingerprint density at radius 2 is 1.88 bits per heavy atom. The maximum atomic E-state index is 12.5. The molecule has 2 aromatic carbocycles. The first-order valence-corrected chi connectivity index (χ1v) is 11.0. The third-order valence-corrected chi connectivity index (χ3v) is 5.02. The van der Waals surface area contributed by atoms with E-state index in [-0.39, 0.29) is 29.0 Å². The third kappa shape index (κ3) is 6.04. The lowest BCUT2D eigenvalue weighted by Gasteiger charge is -2.14. The number of halogens is 1. The number of nitrogens with one attached hydrogen (secondary N) is 2. The predicted octanol–water partition coefficient (Wildman–Crippen LogP) is 4.37. The van der Waals surface area contributed by atoms with Crippen LogP contribution in [0.5, 0.6) is 11.5 Å². The van der Waals surface area contributed by atoms with Gasteiger partial charge in [0.1, 0.15) is 5.70 Å². The number of amides is 4. The summed E-state index contributed by atoms with van der Waals surface area (Å²) in [5.74, 6) is -0.209. The molecule has 1 aliphatic rings. The van der Waals surface area contributed by atoms with Crippen LogP contribution in [0.2, 0.25) is 5.02 Å². The molecule has 33 heavy (non-hydrogen) atoms. The van der Waals surface area contributed by atoms with Gasteiger partial charge >= 0.3 is 6.03 Å². The zero-order chi connectivity index (χ0) is 24.0. The fourth-order valence-corrected chi connectivity index (χ4v) is 3.48. The Bertz CT molecular complexity index is 1080. The molecule has 1 heterocycles. The van der Waals surface area contributed by atoms with Crippen molar-refractivity contribution < 1.29 is 23.9 Å². The number of hydrogen-bond acceptors (Lipinski definition) is 5. The number of benzene rings is 2. The van der Waals surface area contributed by atoms with Crippen LogP contribution in [0.15, 0.2) is 42.1 Å². The van der Waals surface area contributed by atoms with Crippen molar-refractivity contribution in [2.75, 3.05) is 25.1 Å². The SMILES string of the molecule is CCCN1C(=O)N/C(=C/c2cc(Cl)c(OCC(=O)Nc3ccc(C)cc3)c(OCC)c2)C1=O. The number of rotatable bonds is 9. The van der Waals surface area contributed by atoms with Crippen LogP contribution in [-0.2, 0) is 9.59 Å². The largest absolute Gasteiger partial charge is 0.490 e. The van der Waals surface area contributed by atoms with Gasteiger partial charge in [0.25, 0.3) is 11.8 Å². The van der Waals surface area contributed by atoms with Crippen LogP contribution in [0.1, 0.15) is 31.4 Å². The Balaban J connectivity index is 1.75. The lowest BCUT2D eigenvalue weighted by atomic mass is 10.1. The number of carbonyl (C=O) groups is 3. The van der Waals surface area contributed by atoms with Gasteiger partial charge in [-0.25, -0.2) is 4.79 Å². The zero-order valence-corrected chi connectivity index (χ0v) is 19.5. The Morgan fingerprint density at radius 1 is 1.15 bits per heavy atom. The van der Waals surface area contributed by atoms with E-state index < -0.39 is 11.9 Å². The van der Waals surface area contributed by atoms with Crippen LogP contribution >= 0.6 is 11.6 Å². The smallest absolute Gasteiger partial charge is 0.329 e. The van der Waals surface area contributed by atoms with Gasteiger partial charge in [0, 0.05) is 12.2 Å². The highest BCUT2D eigenvalue weighted by atomic mass is 35.5. The lowest BCUT2D eigenvalue weighted by molar-refractivity contribution is -0.123. The molecule has 2 aromatic rings. The molecule has 0 aromatic heterocycles. The summed E-state index contributed by atoms with van der Waals surface area (Å²) in [7, 11) is 0. The van der Waals surface area contributed by atoms with E-state index in [1.54, 1.807) is 31.2 Å². The molecule has 8 nitrogen and oxygen atoms in total. The van der Waals surface area contributed by atoms with Gasteiger partial charge in [-0.15, -0.1) is 0 Å². The first-order chi connectivity index (χ1) is 15.8. The van der Waals surface area contributed by atoms with E-state index >= 15 is 0 Å². The van der Waals surface area contributed by atoms with E-state index in [0.29, 0.717) is 36.6 Å². The Labute approximate surface area is 197 Å². The summed E-state index contributed by atoms with van der Waals surface area (Å²) in [4.78, 5) is 37.9. The summed E-state index contributed by atoms with van der Waals surface area (Å²) >= 11 is 6.41. The average molecular weight is 472 g/mol. The summed E-state index contributed by atoms with van der Waals surface area (Å²) < 4.78 is 11.3. The van der Waals surface area contributed by atoms with Crippen molar-refractivity contribution >= 4 is 41.2 Å². The molecule has 0 spiro atoms. The Hall–Kier alpha value is -3.52. The predicted molar refractivity (Wildman–Crippen MR) is 126 cm³/mol. The molecule has 0 atom stereocenters. The molecule has 1 fully saturated rings. The number of anilines is 1. The van der Waals surface area contributed by atoms with Crippen LogP contribution in [0.25, 0.3) is 6.08 Å². The summed E-state index contributed by atoms with van der Waals surface area (Å²) in [5.41, 5.74) is 2.44. The molecule has 9 heteroatoms. The van der Waals surface area contributed by atoms with Gasteiger partial charge in [0.15, 0.2) is 18.1 Å². The fraction of sp³-hybridized carbons (Fsp3) is 0.292. The second kappa shape index (κ2) is 10.9. The minimum Gasteiger partial charge on any atom is -0.490 e. The normalized spacial score (nSPS) is 14.4. The number of aryl methyl sites for hydroxylation is 1. The van der Waals surface area contributed by atoms with E-state index in [2.05, 4.69) is 10.6 Å². The van der Waals surface area contributed by atoms with Gasteiger partial charge in [-0.05, 0) is 56.2 Å². The molecule has 1 saturated heterocycles. The highest BCUT2D eigenvalue weighted by Crippen LogP contribution is 2.37. The van der Waals surface area contributed by atoms with Gasteiger partial charge < -0.3 is 20.1 Å². The third-order valence-electron chi connectivity index (χ3n) is 4.74. The molecule has 0 bridgehead atoms. The maximum absolute atomic E-state index is 12.5. The van der Waals surface area contributed by atoms with Crippen molar-refractivity contribution in [1.82, 2.24) is 10.2 Å². The van der Waals surface area contributed by atoms with E-state index in [1.807, 2.05) is 26.0 Å². The van der Waals surface area contributed by atoms with Crippen LogP contribution in [0.4, 0.5) is 10.5 Å². The van der Waals surface area contributed by atoms with Crippen molar-refractivity contribution in [3.63, 3.8) is 0 Å². The molecule has 2 N–H and O–H groups in total. The zero-order valence-electron chi connectivity index (χ0n) is 18.7. The van der Waals surface area contributed by atoms with E-state index in [1.165, 1.54) is 6.08 Å². The minimum atomic E-state index is -0.455. The number of carbonyl (C=O) groups excluding carboxylic acids is 3. The molecule has 0 radical (unpaired) electrons. The molecular formula is C24H26ClN3O5. The summed E-state index contributed by atoms with van der Waals surface area (Å²) in [6.45, 7) is 6.05. The number of imide groups is 1. The van der Waals surface area contributed by atoms with Crippen molar-refractivity contribution in [2.24, 2.45) is 0 Å². The second-order valence-corrected chi connectivity index (χ2v) is 7.82. The Morgan fingerprint density at radius 3 is 2.55 bits per heavy atom. The monoisotopic (exact) mass is 471 g/mol. The second-order valence-electron chi connectivity index (χ2n) is 7.41. The summed E-state index contributed by atoms with van der Waals surface area (Å²) in [6, 6.07) is 10.2. The summed E-state index contributed by atoms with van der Waals surface area (Å²) in [5, 5.41) is 5.53. The standard InChI is InChI=1S/C24H26ClN3O5/c1-4-10-28-23(30)19(27-24(28)31)12-16-11-18(25)22(20(13-16)32-5-2)33-14-21(29)26-17-8-6-15(3)7-9-17/h6-9,11-13H,4-5,10,14H2,1-3H3,(H,26,29)(H,27,31)/b19-12+. The van der Waals surface area contributed by atoms with Crippen molar-refractivity contribution in [3.05, 3.63) is 58.2 Å². The highest BCUT2D eigenvalue weighted by molar-refractivity contribution is 6.32. The fourth-order valence-electron chi connectivity index (χ4n) is 3.21. The quantitative estimate of drug-likeness (QED) is 0.418. The van der Waals surface area contributed by atoms with E-state index in [0.717, 1.165) is 10.5 Å². The number of hydrogen-bond donors (Lipinski definition) is 2. The highest BCUT2D eigenvalue weighted by Gasteiger charge is 2.32. The van der Waals surface area contributed by atoms with Gasteiger partial charge in [-0.2, -0.15) is 0 Å². The molecule has 4 amide bonds. The molecular weight excluding hydrogens is 446 g/mol. The van der Waals surface area contributed by atoms with Gasteiger partial charge in [-0.3, -0.25) is 14.5 Å². The van der Waals surface area contributed by atoms with E-state index in [9.17, 15) is 14.4 Å². The lowest BCUT2D eigenvalue weighted by Crippen LogP contribution is -2.31. The van der Waals surface area contributed by atoms with Crippen LogP contribution < -0.4 is 20.1 Å². The maximum Gasteiger partial charge on any atom is 0.329 e. The van der Waals surface area contributed by atoms with Gasteiger partial charge in [0.2, 0.25) is 0 Å². The average Bonchev–Trinajstić information content (AvgIpc) is 3.02. The van der Waals surface area contributed by atoms with Gasteiger partial charge in [0.05, 0.1) is 11.6 Å². The minimum absolute atomic E-state index is 0.151. The number of nitrogens with zero attached hydrogens (tertiary/aromatic N) is 1.